The average Bonchev–Trinajstić information content (AvgIpc) is 2.47. The molecule has 0 aliphatic rings. The minimum absolute atomic E-state index is 0.000818. The van der Waals surface area contributed by atoms with E-state index in [2.05, 4.69) is 4.74 Å². The van der Waals surface area contributed by atoms with Crippen molar-refractivity contribution in [2.75, 3.05) is 7.05 Å². The molecule has 0 atom stereocenters. The van der Waals surface area contributed by atoms with Crippen molar-refractivity contribution in [1.82, 2.24) is 4.31 Å². The Morgan fingerprint density at radius 1 is 1.08 bits per heavy atom. The van der Waals surface area contributed by atoms with Crippen molar-refractivity contribution >= 4 is 33.2 Å². The Kier molecular flexibility index (Phi) is 6.03. The van der Waals surface area contributed by atoms with Gasteiger partial charge in [0.1, 0.15) is 5.75 Å². The van der Waals surface area contributed by atoms with Gasteiger partial charge in [-0.2, -0.15) is 13.1 Å². The molecule has 4 nitrogen and oxygen atoms in total. The molecule has 0 unspecified atom stereocenters. The molecule has 0 N–H and O–H groups in total. The second kappa shape index (κ2) is 7.65. The lowest BCUT2D eigenvalue weighted by Crippen LogP contribution is -2.26. The van der Waals surface area contributed by atoms with Gasteiger partial charge in [-0.1, -0.05) is 35.3 Å². The summed E-state index contributed by atoms with van der Waals surface area (Å²) in [6.45, 7) is -2.87. The summed E-state index contributed by atoms with van der Waals surface area (Å²) in [5, 5.41) is 0.422. The molecular weight excluding hydrogens is 383 g/mol. The van der Waals surface area contributed by atoms with Crippen LogP contribution in [0.25, 0.3) is 0 Å². The topological polar surface area (TPSA) is 46.6 Å². The third-order valence-corrected chi connectivity index (χ3v) is 5.32. The molecule has 0 saturated heterocycles. The molecule has 0 fully saturated rings. The van der Waals surface area contributed by atoms with Crippen molar-refractivity contribution in [3.8, 4) is 5.75 Å². The highest BCUT2D eigenvalue weighted by atomic mass is 35.5. The monoisotopic (exact) mass is 395 g/mol. The lowest BCUT2D eigenvalue weighted by Gasteiger charge is -2.18. The Bertz CT molecular complexity index is 794. The second-order valence-corrected chi connectivity index (χ2v) is 7.81. The van der Waals surface area contributed by atoms with Gasteiger partial charge in [-0.15, -0.1) is 0 Å². The summed E-state index contributed by atoms with van der Waals surface area (Å²) in [5.74, 6) is 0.000818. The quantitative estimate of drug-likeness (QED) is 0.727. The van der Waals surface area contributed by atoms with Gasteiger partial charge in [0.05, 0.1) is 4.90 Å². The van der Waals surface area contributed by atoms with Crippen LogP contribution in [-0.4, -0.2) is 26.4 Å². The van der Waals surface area contributed by atoms with E-state index in [1.807, 2.05) is 0 Å². The molecule has 2 aromatic rings. The largest absolute Gasteiger partial charge is 0.435 e. The van der Waals surface area contributed by atoms with Crippen LogP contribution in [0.1, 0.15) is 5.56 Å². The summed E-state index contributed by atoms with van der Waals surface area (Å²) in [5.41, 5.74) is 0.607. The van der Waals surface area contributed by atoms with Gasteiger partial charge in [-0.25, -0.2) is 8.42 Å². The molecule has 2 rings (SSSR count). The van der Waals surface area contributed by atoms with Crippen LogP contribution in [0.5, 0.6) is 5.75 Å². The average molecular weight is 396 g/mol. The van der Waals surface area contributed by atoms with E-state index in [9.17, 15) is 17.2 Å². The van der Waals surface area contributed by atoms with Crippen LogP contribution in [0.3, 0.4) is 0 Å². The third kappa shape index (κ3) is 4.80. The Labute approximate surface area is 148 Å². The Morgan fingerprint density at radius 3 is 2.12 bits per heavy atom. The van der Waals surface area contributed by atoms with Gasteiger partial charge in [-0.3, -0.25) is 0 Å². The number of alkyl halides is 2. The maximum Gasteiger partial charge on any atom is 0.387 e. The maximum atomic E-state index is 12.5. The van der Waals surface area contributed by atoms with Gasteiger partial charge in [0, 0.05) is 23.6 Å². The Morgan fingerprint density at radius 2 is 1.62 bits per heavy atom. The lowest BCUT2D eigenvalue weighted by molar-refractivity contribution is -0.0498. The zero-order valence-electron chi connectivity index (χ0n) is 12.4. The van der Waals surface area contributed by atoms with Crippen molar-refractivity contribution in [2.24, 2.45) is 0 Å². The van der Waals surface area contributed by atoms with Gasteiger partial charge in [-0.05, 0) is 35.9 Å². The van der Waals surface area contributed by atoms with Crippen molar-refractivity contribution in [3.63, 3.8) is 0 Å². The summed E-state index contributed by atoms with van der Waals surface area (Å²) in [6, 6.07) is 9.75. The van der Waals surface area contributed by atoms with Crippen LogP contribution in [0.2, 0.25) is 10.0 Å². The minimum atomic E-state index is -3.80. The lowest BCUT2D eigenvalue weighted by atomic mass is 10.2. The molecule has 2 aromatic carbocycles. The Hall–Kier alpha value is -1.41. The molecule has 0 heterocycles. The molecule has 24 heavy (non-hydrogen) atoms. The first-order chi connectivity index (χ1) is 11.2. The van der Waals surface area contributed by atoms with Crippen LogP contribution in [0, 0.1) is 0 Å². The summed E-state index contributed by atoms with van der Waals surface area (Å²) < 4.78 is 54.6. The molecule has 0 amide bonds. The fraction of sp³-hybridized carbons (Fsp3) is 0.200. The van der Waals surface area contributed by atoms with Gasteiger partial charge in [0.25, 0.3) is 0 Å². The van der Waals surface area contributed by atoms with E-state index in [-0.39, 0.29) is 27.2 Å². The van der Waals surface area contributed by atoms with Crippen molar-refractivity contribution in [3.05, 3.63) is 58.1 Å². The van der Waals surface area contributed by atoms with Crippen LogP contribution in [0.4, 0.5) is 8.78 Å². The van der Waals surface area contributed by atoms with E-state index in [1.165, 1.54) is 49.5 Å². The zero-order chi connectivity index (χ0) is 17.9. The molecule has 9 heteroatoms. The zero-order valence-corrected chi connectivity index (χ0v) is 14.7. The van der Waals surface area contributed by atoms with E-state index >= 15 is 0 Å². The SMILES string of the molecule is CN(Cc1ccc(OC(F)F)cc1)S(=O)(=O)c1cc(Cl)cc(Cl)c1. The number of hydrogen-bond acceptors (Lipinski definition) is 3. The molecule has 130 valence electrons. The van der Waals surface area contributed by atoms with Gasteiger partial charge >= 0.3 is 6.61 Å². The molecule has 0 aliphatic carbocycles. The van der Waals surface area contributed by atoms with Crippen molar-refractivity contribution in [2.45, 2.75) is 18.1 Å². The first-order valence-electron chi connectivity index (χ1n) is 6.64. The number of benzene rings is 2. The molecule has 0 spiro atoms. The van der Waals surface area contributed by atoms with E-state index < -0.39 is 16.6 Å². The highest BCUT2D eigenvalue weighted by Gasteiger charge is 2.22. The van der Waals surface area contributed by atoms with E-state index in [4.69, 9.17) is 23.2 Å². The molecule has 0 bridgehead atoms. The van der Waals surface area contributed by atoms with E-state index in [1.54, 1.807) is 0 Å². The number of halogens is 4. The van der Waals surface area contributed by atoms with Crippen LogP contribution < -0.4 is 4.74 Å². The number of hydrogen-bond donors (Lipinski definition) is 0. The second-order valence-electron chi connectivity index (χ2n) is 4.89. The summed E-state index contributed by atoms with van der Waals surface area (Å²) in [7, 11) is -2.40. The molecule has 0 aromatic heterocycles. The first kappa shape index (κ1) is 18.9. The number of sulfonamides is 1. The van der Waals surface area contributed by atoms with Crippen LogP contribution in [-0.2, 0) is 16.6 Å². The van der Waals surface area contributed by atoms with Crippen molar-refractivity contribution < 1.29 is 21.9 Å². The predicted octanol–water partition coefficient (Wildman–Crippen LogP) is 4.42. The summed E-state index contributed by atoms with van der Waals surface area (Å²) >= 11 is 11.7. The standard InChI is InChI=1S/C15H13Cl2F2NO3S/c1-20(9-10-2-4-13(5-3-10)23-15(18)19)24(21,22)14-7-11(16)6-12(17)8-14/h2-8,15H,9H2,1H3. The van der Waals surface area contributed by atoms with Crippen LogP contribution in [0.15, 0.2) is 47.4 Å². The number of ether oxygens (including phenoxy) is 1. The normalized spacial score (nSPS) is 12.0. The minimum Gasteiger partial charge on any atom is -0.435 e. The third-order valence-electron chi connectivity index (χ3n) is 3.10. The van der Waals surface area contributed by atoms with Gasteiger partial charge in [0.2, 0.25) is 10.0 Å². The fourth-order valence-electron chi connectivity index (χ4n) is 1.98. The predicted molar refractivity (Wildman–Crippen MR) is 88.2 cm³/mol. The van der Waals surface area contributed by atoms with Crippen molar-refractivity contribution in [1.29, 1.82) is 0 Å². The van der Waals surface area contributed by atoms with Crippen LogP contribution >= 0.6 is 23.2 Å². The highest BCUT2D eigenvalue weighted by molar-refractivity contribution is 7.89. The summed E-state index contributed by atoms with van der Waals surface area (Å²) in [6.07, 6.45) is 0. The Balaban J connectivity index is 2.17. The number of rotatable bonds is 6. The molecule has 0 radical (unpaired) electrons. The molecular formula is C15H13Cl2F2NO3S. The number of nitrogens with zero attached hydrogens (tertiary/aromatic N) is 1. The van der Waals surface area contributed by atoms with Gasteiger partial charge in [0.15, 0.2) is 0 Å². The maximum absolute atomic E-state index is 12.5. The highest BCUT2D eigenvalue weighted by Crippen LogP contribution is 2.25. The summed E-state index contributed by atoms with van der Waals surface area (Å²) in [4.78, 5) is -0.0276. The smallest absolute Gasteiger partial charge is 0.387 e. The fourth-order valence-corrected chi connectivity index (χ4v) is 3.86. The van der Waals surface area contributed by atoms with E-state index in [0.29, 0.717) is 5.56 Å². The molecule has 0 saturated carbocycles. The van der Waals surface area contributed by atoms with Gasteiger partial charge < -0.3 is 4.74 Å². The molecule has 0 aliphatic heterocycles. The first-order valence-corrected chi connectivity index (χ1v) is 8.84. The van der Waals surface area contributed by atoms with E-state index in [0.717, 1.165) is 4.31 Å².